The molecule has 2 atom stereocenters. The van der Waals surface area contributed by atoms with E-state index >= 15 is 0 Å². The molecule has 0 aliphatic rings. The Morgan fingerprint density at radius 2 is 1.63 bits per heavy atom. The van der Waals surface area contributed by atoms with E-state index in [9.17, 15) is 10.2 Å². The molecule has 0 radical (unpaired) electrons. The van der Waals surface area contributed by atoms with Gasteiger partial charge in [0.05, 0.1) is 18.0 Å². The van der Waals surface area contributed by atoms with Gasteiger partial charge in [0.25, 0.3) is 0 Å². The quantitative estimate of drug-likeness (QED) is 0.817. The number of hydrogen-bond donors (Lipinski definition) is 2. The highest BCUT2D eigenvalue weighted by atomic mass is 79.9. The van der Waals surface area contributed by atoms with Crippen molar-refractivity contribution in [1.29, 1.82) is 0 Å². The van der Waals surface area contributed by atoms with Gasteiger partial charge < -0.3 is 10.2 Å². The molecule has 0 heterocycles. The first-order chi connectivity index (χ1) is 9.20. The van der Waals surface area contributed by atoms with Crippen LogP contribution in [0, 0.1) is 0 Å². The predicted octanol–water partition coefficient (Wildman–Crippen LogP) is 3.64. The standard InChI is InChI=1S/C15H15BrO2S/c16-12-6-8-13(9-7-12)19-15(14(18)10-17)11-4-2-1-3-5-11/h1-9,14-15,17-18H,10H2/t14-,15+/m0/s1. The van der Waals surface area contributed by atoms with Gasteiger partial charge in [-0.2, -0.15) is 0 Å². The van der Waals surface area contributed by atoms with Crippen molar-refractivity contribution >= 4 is 27.7 Å². The summed E-state index contributed by atoms with van der Waals surface area (Å²) in [6, 6.07) is 17.7. The predicted molar refractivity (Wildman–Crippen MR) is 82.3 cm³/mol. The average molecular weight is 339 g/mol. The highest BCUT2D eigenvalue weighted by molar-refractivity contribution is 9.10. The van der Waals surface area contributed by atoms with E-state index in [1.54, 1.807) is 11.8 Å². The van der Waals surface area contributed by atoms with Crippen LogP contribution in [0.2, 0.25) is 0 Å². The number of halogens is 1. The van der Waals surface area contributed by atoms with Crippen molar-refractivity contribution in [2.75, 3.05) is 6.61 Å². The zero-order valence-electron chi connectivity index (χ0n) is 10.2. The lowest BCUT2D eigenvalue weighted by Crippen LogP contribution is -2.20. The summed E-state index contributed by atoms with van der Waals surface area (Å²) in [6.45, 7) is -0.247. The van der Waals surface area contributed by atoms with Crippen molar-refractivity contribution in [2.45, 2.75) is 16.2 Å². The van der Waals surface area contributed by atoms with Gasteiger partial charge in [-0.25, -0.2) is 0 Å². The van der Waals surface area contributed by atoms with Crippen LogP contribution in [-0.4, -0.2) is 22.9 Å². The molecule has 0 aliphatic carbocycles. The number of benzene rings is 2. The van der Waals surface area contributed by atoms with Crippen molar-refractivity contribution in [3.05, 3.63) is 64.6 Å². The molecule has 2 nitrogen and oxygen atoms in total. The highest BCUT2D eigenvalue weighted by Crippen LogP contribution is 2.38. The third-order valence-corrected chi connectivity index (χ3v) is 4.65. The van der Waals surface area contributed by atoms with Crippen LogP contribution in [0.5, 0.6) is 0 Å². The molecular weight excluding hydrogens is 324 g/mol. The molecule has 0 saturated heterocycles. The van der Waals surface area contributed by atoms with Gasteiger partial charge in [-0.3, -0.25) is 0 Å². The van der Waals surface area contributed by atoms with E-state index in [0.29, 0.717) is 0 Å². The number of aliphatic hydroxyl groups is 2. The Kier molecular flexibility index (Phi) is 5.45. The third kappa shape index (κ3) is 4.08. The molecule has 0 aromatic heterocycles. The Morgan fingerprint density at radius 1 is 1.00 bits per heavy atom. The SMILES string of the molecule is OC[C@H](O)[C@H](Sc1ccc(Br)cc1)c1ccccc1. The molecule has 2 aromatic carbocycles. The van der Waals surface area contributed by atoms with Gasteiger partial charge in [-0.15, -0.1) is 11.8 Å². The molecule has 0 spiro atoms. The second-order valence-electron chi connectivity index (χ2n) is 4.15. The summed E-state index contributed by atoms with van der Waals surface area (Å²) >= 11 is 4.95. The van der Waals surface area contributed by atoms with Gasteiger partial charge in [0.15, 0.2) is 0 Å². The first-order valence-corrected chi connectivity index (χ1v) is 7.64. The van der Waals surface area contributed by atoms with Crippen LogP contribution in [0.1, 0.15) is 10.8 Å². The lowest BCUT2D eigenvalue weighted by molar-refractivity contribution is 0.0931. The van der Waals surface area contributed by atoms with Crippen molar-refractivity contribution in [2.24, 2.45) is 0 Å². The summed E-state index contributed by atoms with van der Waals surface area (Å²) in [5.41, 5.74) is 1.01. The smallest absolute Gasteiger partial charge is 0.0933 e. The van der Waals surface area contributed by atoms with Crippen LogP contribution in [0.25, 0.3) is 0 Å². The monoisotopic (exact) mass is 338 g/mol. The molecule has 4 heteroatoms. The Hall–Kier alpha value is -0.810. The molecule has 0 fully saturated rings. The normalized spacial score (nSPS) is 14.1. The minimum Gasteiger partial charge on any atom is -0.394 e. The molecule has 0 unspecified atom stereocenters. The lowest BCUT2D eigenvalue weighted by atomic mass is 10.1. The molecular formula is C15H15BrO2S. The van der Waals surface area contributed by atoms with Crippen molar-refractivity contribution in [1.82, 2.24) is 0 Å². The fourth-order valence-corrected chi connectivity index (χ4v) is 3.15. The molecule has 0 bridgehead atoms. The van der Waals surface area contributed by atoms with Gasteiger partial charge in [0, 0.05) is 9.37 Å². The lowest BCUT2D eigenvalue weighted by Gasteiger charge is -2.21. The maximum atomic E-state index is 10.0. The number of aliphatic hydroxyl groups excluding tert-OH is 2. The Bertz CT molecular complexity index is 501. The number of thioether (sulfide) groups is 1. The molecule has 0 saturated carbocycles. The molecule has 19 heavy (non-hydrogen) atoms. The van der Waals surface area contributed by atoms with Crippen LogP contribution in [0.3, 0.4) is 0 Å². The van der Waals surface area contributed by atoms with E-state index in [1.165, 1.54) is 0 Å². The van der Waals surface area contributed by atoms with Gasteiger partial charge in [-0.05, 0) is 29.8 Å². The molecule has 2 rings (SSSR count). The fraction of sp³-hybridized carbons (Fsp3) is 0.200. The Labute approximate surface area is 125 Å². The van der Waals surface area contributed by atoms with Crippen molar-refractivity contribution in [3.63, 3.8) is 0 Å². The number of hydrogen-bond acceptors (Lipinski definition) is 3. The Morgan fingerprint density at radius 3 is 2.21 bits per heavy atom. The van der Waals surface area contributed by atoms with E-state index in [0.717, 1.165) is 14.9 Å². The molecule has 0 amide bonds. The van der Waals surface area contributed by atoms with Gasteiger partial charge in [0.2, 0.25) is 0 Å². The second-order valence-corrected chi connectivity index (χ2v) is 6.28. The van der Waals surface area contributed by atoms with E-state index in [4.69, 9.17) is 0 Å². The summed E-state index contributed by atoms with van der Waals surface area (Å²) in [4.78, 5) is 1.06. The first kappa shape index (κ1) is 14.6. The Balaban J connectivity index is 2.21. The summed E-state index contributed by atoms with van der Waals surface area (Å²) in [5, 5.41) is 19.1. The van der Waals surface area contributed by atoms with E-state index in [1.807, 2.05) is 54.6 Å². The van der Waals surface area contributed by atoms with Crippen LogP contribution >= 0.6 is 27.7 Å². The van der Waals surface area contributed by atoms with E-state index in [2.05, 4.69) is 15.9 Å². The van der Waals surface area contributed by atoms with Crippen molar-refractivity contribution < 1.29 is 10.2 Å². The van der Waals surface area contributed by atoms with E-state index < -0.39 is 6.10 Å². The largest absolute Gasteiger partial charge is 0.394 e. The minimum atomic E-state index is -0.781. The maximum absolute atomic E-state index is 10.0. The molecule has 100 valence electrons. The highest BCUT2D eigenvalue weighted by Gasteiger charge is 2.21. The van der Waals surface area contributed by atoms with Crippen LogP contribution in [-0.2, 0) is 0 Å². The summed E-state index contributed by atoms with van der Waals surface area (Å²) in [6.07, 6.45) is -0.781. The van der Waals surface area contributed by atoms with Crippen LogP contribution in [0.15, 0.2) is 64.0 Å². The summed E-state index contributed by atoms with van der Waals surface area (Å²) < 4.78 is 1.02. The zero-order chi connectivity index (χ0) is 13.7. The third-order valence-electron chi connectivity index (χ3n) is 2.74. The summed E-state index contributed by atoms with van der Waals surface area (Å²) in [7, 11) is 0. The topological polar surface area (TPSA) is 40.5 Å². The second kappa shape index (κ2) is 7.10. The molecule has 0 aliphatic heterocycles. The van der Waals surface area contributed by atoms with Gasteiger partial charge in [0.1, 0.15) is 0 Å². The first-order valence-electron chi connectivity index (χ1n) is 5.97. The minimum absolute atomic E-state index is 0.174. The van der Waals surface area contributed by atoms with E-state index in [-0.39, 0.29) is 11.9 Å². The van der Waals surface area contributed by atoms with Gasteiger partial charge in [-0.1, -0.05) is 46.3 Å². The summed E-state index contributed by atoms with van der Waals surface area (Å²) in [5.74, 6) is 0. The maximum Gasteiger partial charge on any atom is 0.0933 e. The van der Waals surface area contributed by atoms with Crippen LogP contribution < -0.4 is 0 Å². The average Bonchev–Trinajstić information content (AvgIpc) is 2.47. The van der Waals surface area contributed by atoms with Crippen LogP contribution in [0.4, 0.5) is 0 Å². The fourth-order valence-electron chi connectivity index (χ4n) is 1.77. The van der Waals surface area contributed by atoms with Crippen molar-refractivity contribution in [3.8, 4) is 0 Å². The zero-order valence-corrected chi connectivity index (χ0v) is 12.6. The molecule has 2 aromatic rings. The molecule has 2 N–H and O–H groups in total. The number of rotatable bonds is 5. The van der Waals surface area contributed by atoms with Gasteiger partial charge >= 0.3 is 0 Å².